The average molecular weight is 409 g/mol. The molecule has 29 heavy (non-hydrogen) atoms. The molecule has 0 bridgehead atoms. The van der Waals surface area contributed by atoms with Crippen LogP contribution in [0.3, 0.4) is 0 Å². The number of carbonyl (C=O) groups excluding carboxylic acids is 3. The molecule has 0 radical (unpaired) electrons. The lowest BCUT2D eigenvalue weighted by Gasteiger charge is -2.17. The van der Waals surface area contributed by atoms with Crippen molar-refractivity contribution < 1.29 is 19.1 Å². The monoisotopic (exact) mass is 408 g/mol. The largest absolute Gasteiger partial charge is 0.462 e. The van der Waals surface area contributed by atoms with E-state index >= 15 is 0 Å². The maximum atomic E-state index is 12.8. The molecule has 6 nitrogen and oxygen atoms in total. The predicted octanol–water partition coefficient (Wildman–Crippen LogP) is 4.27. The lowest BCUT2D eigenvalue weighted by molar-refractivity contribution is -0.114. The van der Waals surface area contributed by atoms with Crippen molar-refractivity contribution in [2.24, 2.45) is 0 Å². The first-order chi connectivity index (χ1) is 14.0. The van der Waals surface area contributed by atoms with Crippen LogP contribution in [0.1, 0.15) is 27.6 Å². The molecule has 1 heterocycles. The first-order valence-electron chi connectivity index (χ1n) is 9.09. The second kappa shape index (κ2) is 7.56. The number of nitrogens with zero attached hydrogens (tertiary/aromatic N) is 1. The molecule has 0 aliphatic carbocycles. The van der Waals surface area contributed by atoms with E-state index in [0.717, 1.165) is 10.8 Å². The van der Waals surface area contributed by atoms with Crippen molar-refractivity contribution in [3.8, 4) is 0 Å². The topological polar surface area (TPSA) is 75.7 Å². The molecule has 1 aliphatic heterocycles. The third-order valence-electron chi connectivity index (χ3n) is 4.71. The highest BCUT2D eigenvalue weighted by Crippen LogP contribution is 2.37. The highest BCUT2D eigenvalue weighted by atomic mass is 35.5. The summed E-state index contributed by atoms with van der Waals surface area (Å²) >= 11 is 6.20. The number of hydrogen-bond acceptors (Lipinski definition) is 4. The Morgan fingerprint density at radius 2 is 1.86 bits per heavy atom. The predicted molar refractivity (Wildman–Crippen MR) is 112 cm³/mol. The molecule has 0 fully saturated rings. The number of benzene rings is 3. The first-order valence-corrected chi connectivity index (χ1v) is 9.47. The van der Waals surface area contributed by atoms with E-state index in [1.54, 1.807) is 13.0 Å². The van der Waals surface area contributed by atoms with Gasteiger partial charge in [0, 0.05) is 10.9 Å². The summed E-state index contributed by atoms with van der Waals surface area (Å²) in [5.41, 5.74) is 1.95. The minimum atomic E-state index is -0.485. The van der Waals surface area contributed by atoms with Gasteiger partial charge in [0.15, 0.2) is 0 Å². The molecule has 3 aromatic carbocycles. The standard InChI is InChI=1S/C22H17ClN2O4/c1-2-29-22(28)14-9-10-17(16(23)11-14)24-19(26)12-25-18-8-4-6-13-5-3-7-15(20(13)18)21(25)27/h3-11H,2,12H2,1H3,(H,24,26). The number of esters is 1. The van der Waals surface area contributed by atoms with Crippen molar-refractivity contribution in [1.82, 2.24) is 0 Å². The molecule has 0 spiro atoms. The fourth-order valence-electron chi connectivity index (χ4n) is 3.43. The van der Waals surface area contributed by atoms with Crippen molar-refractivity contribution in [1.29, 1.82) is 0 Å². The second-order valence-corrected chi connectivity index (χ2v) is 6.94. The molecule has 0 saturated heterocycles. The molecular weight excluding hydrogens is 392 g/mol. The van der Waals surface area contributed by atoms with E-state index in [2.05, 4.69) is 5.32 Å². The van der Waals surface area contributed by atoms with Crippen molar-refractivity contribution >= 4 is 51.5 Å². The van der Waals surface area contributed by atoms with E-state index < -0.39 is 11.9 Å². The van der Waals surface area contributed by atoms with Crippen LogP contribution in [0.15, 0.2) is 54.6 Å². The Kier molecular flexibility index (Phi) is 4.94. The summed E-state index contributed by atoms with van der Waals surface area (Å²) in [7, 11) is 0. The zero-order valence-electron chi connectivity index (χ0n) is 15.6. The van der Waals surface area contributed by atoms with Crippen molar-refractivity contribution in [2.45, 2.75) is 6.92 Å². The lowest BCUT2D eigenvalue weighted by Crippen LogP contribution is -2.35. The molecule has 0 atom stereocenters. The van der Waals surface area contributed by atoms with Crippen LogP contribution >= 0.6 is 11.6 Å². The molecule has 4 rings (SSSR count). The van der Waals surface area contributed by atoms with Gasteiger partial charge in [0.05, 0.1) is 28.6 Å². The van der Waals surface area contributed by atoms with E-state index in [4.69, 9.17) is 16.3 Å². The molecule has 0 aromatic heterocycles. The Morgan fingerprint density at radius 1 is 1.10 bits per heavy atom. The highest BCUT2D eigenvalue weighted by molar-refractivity contribution is 6.34. The summed E-state index contributed by atoms with van der Waals surface area (Å²) in [6, 6.07) is 15.6. The van der Waals surface area contributed by atoms with Gasteiger partial charge in [-0.3, -0.25) is 14.5 Å². The number of nitrogens with one attached hydrogen (secondary N) is 1. The van der Waals surface area contributed by atoms with Gasteiger partial charge in [0.25, 0.3) is 5.91 Å². The number of rotatable bonds is 5. The zero-order valence-corrected chi connectivity index (χ0v) is 16.3. The average Bonchev–Trinajstić information content (AvgIpc) is 2.98. The summed E-state index contributed by atoms with van der Waals surface area (Å²) in [4.78, 5) is 38.6. The number of ether oxygens (including phenoxy) is 1. The smallest absolute Gasteiger partial charge is 0.338 e. The van der Waals surface area contributed by atoms with Gasteiger partial charge in [-0.25, -0.2) is 4.79 Å². The number of halogens is 1. The SMILES string of the molecule is CCOC(=O)c1ccc(NC(=O)CN2C(=O)c3cccc4cccc2c34)c(Cl)c1. The molecule has 3 aromatic rings. The van der Waals surface area contributed by atoms with Crippen LogP contribution in [-0.2, 0) is 9.53 Å². The van der Waals surface area contributed by atoms with Crippen molar-refractivity contribution in [3.63, 3.8) is 0 Å². The van der Waals surface area contributed by atoms with Crippen molar-refractivity contribution in [2.75, 3.05) is 23.4 Å². The molecular formula is C22H17ClN2O4. The first kappa shape index (κ1) is 19.0. The molecule has 7 heteroatoms. The number of hydrogen-bond donors (Lipinski definition) is 1. The second-order valence-electron chi connectivity index (χ2n) is 6.54. The number of anilines is 2. The quantitative estimate of drug-likeness (QED) is 0.640. The summed E-state index contributed by atoms with van der Waals surface area (Å²) in [5, 5.41) is 4.71. The summed E-state index contributed by atoms with van der Waals surface area (Å²) < 4.78 is 4.93. The number of amides is 2. The van der Waals surface area contributed by atoms with Crippen LogP contribution in [0, 0.1) is 0 Å². The highest BCUT2D eigenvalue weighted by Gasteiger charge is 2.30. The third-order valence-corrected chi connectivity index (χ3v) is 5.02. The van der Waals surface area contributed by atoms with Crippen LogP contribution in [0.2, 0.25) is 5.02 Å². The fourth-order valence-corrected chi connectivity index (χ4v) is 3.66. The van der Waals surface area contributed by atoms with E-state index in [1.165, 1.54) is 23.1 Å². The van der Waals surface area contributed by atoms with Crippen LogP contribution in [-0.4, -0.2) is 30.9 Å². The van der Waals surface area contributed by atoms with Crippen LogP contribution in [0.5, 0.6) is 0 Å². The number of carbonyl (C=O) groups is 3. The van der Waals surface area contributed by atoms with Gasteiger partial charge in [-0.05, 0) is 42.6 Å². The van der Waals surface area contributed by atoms with Crippen LogP contribution in [0.25, 0.3) is 10.8 Å². The molecule has 146 valence electrons. The van der Waals surface area contributed by atoms with Crippen LogP contribution < -0.4 is 10.2 Å². The Morgan fingerprint density at radius 3 is 2.59 bits per heavy atom. The van der Waals surface area contributed by atoms with Gasteiger partial charge in [-0.1, -0.05) is 35.9 Å². The van der Waals surface area contributed by atoms with Gasteiger partial charge in [0.1, 0.15) is 6.54 Å². The molecule has 2 amide bonds. The molecule has 0 saturated carbocycles. The van der Waals surface area contributed by atoms with Gasteiger partial charge >= 0.3 is 5.97 Å². The molecule has 1 aliphatic rings. The van der Waals surface area contributed by atoms with Gasteiger partial charge in [0.2, 0.25) is 5.91 Å². The third kappa shape index (κ3) is 3.43. The zero-order chi connectivity index (χ0) is 20.5. The lowest BCUT2D eigenvalue weighted by atomic mass is 10.1. The normalized spacial score (nSPS) is 12.3. The minimum absolute atomic E-state index is 0.150. The van der Waals surface area contributed by atoms with E-state index in [1.807, 2.05) is 30.3 Å². The van der Waals surface area contributed by atoms with E-state index in [-0.39, 0.29) is 24.1 Å². The molecule has 0 unspecified atom stereocenters. The summed E-state index contributed by atoms with van der Waals surface area (Å²) in [6.45, 7) is 1.82. The van der Waals surface area contributed by atoms with Gasteiger partial charge in [-0.15, -0.1) is 0 Å². The van der Waals surface area contributed by atoms with Gasteiger partial charge in [-0.2, -0.15) is 0 Å². The Bertz CT molecular complexity index is 1150. The molecule has 1 N–H and O–H groups in total. The van der Waals surface area contributed by atoms with Crippen molar-refractivity contribution in [3.05, 3.63) is 70.7 Å². The fraction of sp³-hybridized carbons (Fsp3) is 0.136. The Balaban J connectivity index is 1.52. The van der Waals surface area contributed by atoms with E-state index in [9.17, 15) is 14.4 Å². The Hall–Kier alpha value is -3.38. The Labute approximate surface area is 172 Å². The van der Waals surface area contributed by atoms with Crippen LogP contribution in [0.4, 0.5) is 11.4 Å². The minimum Gasteiger partial charge on any atom is -0.462 e. The maximum Gasteiger partial charge on any atom is 0.338 e. The maximum absolute atomic E-state index is 12.8. The summed E-state index contributed by atoms with van der Waals surface area (Å²) in [5.74, 6) is -1.09. The van der Waals surface area contributed by atoms with E-state index in [0.29, 0.717) is 22.5 Å². The van der Waals surface area contributed by atoms with Gasteiger partial charge < -0.3 is 10.1 Å². The summed E-state index contributed by atoms with van der Waals surface area (Å²) in [6.07, 6.45) is 0.